The lowest BCUT2D eigenvalue weighted by molar-refractivity contribution is 0.414. The van der Waals surface area contributed by atoms with Gasteiger partial charge in [-0.25, -0.2) is 4.98 Å². The third kappa shape index (κ3) is 3.72. The number of nitrogens with one attached hydrogen (secondary N) is 1. The number of fused-ring (bicyclic) bond motifs is 1. The van der Waals surface area contributed by atoms with Crippen molar-refractivity contribution in [3.63, 3.8) is 0 Å². The molecule has 5 nitrogen and oxygen atoms in total. The second kappa shape index (κ2) is 7.94. The number of hydrogen-bond donors (Lipinski definition) is 1. The van der Waals surface area contributed by atoms with Crippen LogP contribution >= 0.6 is 0 Å². The summed E-state index contributed by atoms with van der Waals surface area (Å²) in [6.45, 7) is 3.61. The molecular weight excluding hydrogens is 314 g/mol. The molecule has 0 spiro atoms. The third-order valence-electron chi connectivity index (χ3n) is 4.17. The van der Waals surface area contributed by atoms with E-state index in [-0.39, 0.29) is 5.56 Å². The Morgan fingerprint density at radius 3 is 2.60 bits per heavy atom. The van der Waals surface area contributed by atoms with Crippen molar-refractivity contribution >= 4 is 10.9 Å². The van der Waals surface area contributed by atoms with Crippen LogP contribution in [0.3, 0.4) is 0 Å². The topological polar surface area (TPSA) is 56.2 Å². The molecule has 5 heteroatoms. The average Bonchev–Trinajstić information content (AvgIpc) is 2.66. The molecule has 3 rings (SSSR count). The molecule has 0 aliphatic heterocycles. The minimum Gasteiger partial charge on any atom is -0.497 e. The van der Waals surface area contributed by atoms with E-state index < -0.39 is 0 Å². The summed E-state index contributed by atoms with van der Waals surface area (Å²) in [6, 6.07) is 14.9. The minimum atomic E-state index is -0.0527. The normalized spacial score (nSPS) is 11.0. The Kier molecular flexibility index (Phi) is 5.46. The molecule has 0 aliphatic rings. The van der Waals surface area contributed by atoms with Crippen LogP contribution in [0.4, 0.5) is 0 Å². The van der Waals surface area contributed by atoms with Gasteiger partial charge in [-0.15, -0.1) is 0 Å². The van der Waals surface area contributed by atoms with E-state index in [1.165, 1.54) is 0 Å². The van der Waals surface area contributed by atoms with Crippen molar-refractivity contribution in [2.75, 3.05) is 13.7 Å². The van der Waals surface area contributed by atoms with E-state index in [0.717, 1.165) is 36.3 Å². The van der Waals surface area contributed by atoms with Gasteiger partial charge >= 0.3 is 0 Å². The molecule has 0 aliphatic carbocycles. The predicted molar refractivity (Wildman–Crippen MR) is 101 cm³/mol. The Hall–Kier alpha value is -2.66. The zero-order chi connectivity index (χ0) is 17.6. The molecule has 25 heavy (non-hydrogen) atoms. The molecule has 0 unspecified atom stereocenters. The fourth-order valence-corrected chi connectivity index (χ4v) is 2.80. The number of unbranched alkanes of at least 4 members (excludes halogenated alkanes) is 1. The number of hydrogen-bond acceptors (Lipinski definition) is 4. The van der Waals surface area contributed by atoms with Crippen molar-refractivity contribution in [2.24, 2.45) is 0 Å². The van der Waals surface area contributed by atoms with Crippen LogP contribution in [0, 0.1) is 0 Å². The minimum absolute atomic E-state index is 0.0527. The van der Waals surface area contributed by atoms with Crippen LogP contribution in [-0.2, 0) is 6.54 Å². The molecule has 1 N–H and O–H groups in total. The summed E-state index contributed by atoms with van der Waals surface area (Å²) in [4.78, 5) is 17.8. The zero-order valence-electron chi connectivity index (χ0n) is 14.7. The van der Waals surface area contributed by atoms with Crippen molar-refractivity contribution < 1.29 is 4.74 Å². The second-order valence-electron chi connectivity index (χ2n) is 5.91. The largest absolute Gasteiger partial charge is 0.497 e. The predicted octanol–water partition coefficient (Wildman–Crippen LogP) is 3.28. The maximum atomic E-state index is 13.1. The van der Waals surface area contributed by atoms with Crippen LogP contribution < -0.4 is 15.6 Å². The fourth-order valence-electron chi connectivity index (χ4n) is 2.80. The number of methoxy groups -OCH3 is 1. The van der Waals surface area contributed by atoms with Gasteiger partial charge < -0.3 is 10.1 Å². The van der Waals surface area contributed by atoms with Crippen molar-refractivity contribution in [1.82, 2.24) is 14.9 Å². The molecule has 0 saturated carbocycles. The number of ether oxygens (including phenoxy) is 1. The number of rotatable bonds is 7. The van der Waals surface area contributed by atoms with E-state index in [1.807, 2.05) is 48.5 Å². The van der Waals surface area contributed by atoms with Gasteiger partial charge in [-0.2, -0.15) is 0 Å². The van der Waals surface area contributed by atoms with E-state index >= 15 is 0 Å². The first kappa shape index (κ1) is 17.2. The average molecular weight is 337 g/mol. The first-order valence-electron chi connectivity index (χ1n) is 8.60. The number of benzene rings is 2. The van der Waals surface area contributed by atoms with E-state index in [1.54, 1.807) is 11.7 Å². The molecule has 2 aromatic carbocycles. The number of aromatic nitrogens is 2. The summed E-state index contributed by atoms with van der Waals surface area (Å²) in [5, 5.41) is 4.00. The highest BCUT2D eigenvalue weighted by Crippen LogP contribution is 2.17. The first-order chi connectivity index (χ1) is 12.2. The Bertz CT molecular complexity index is 901. The number of nitrogens with zero attached hydrogens (tertiary/aromatic N) is 2. The van der Waals surface area contributed by atoms with Crippen molar-refractivity contribution in [3.8, 4) is 11.4 Å². The highest BCUT2D eigenvalue weighted by atomic mass is 16.5. The standard InChI is InChI=1S/C20H23N3O2/c1-3-4-13-21-14-19-22-18-8-6-5-7-17(18)20(24)23(19)15-9-11-16(25-2)12-10-15/h5-12,21H,3-4,13-14H2,1-2H3. The molecule has 0 fully saturated rings. The molecule has 130 valence electrons. The molecule has 0 radical (unpaired) electrons. The van der Waals surface area contributed by atoms with Crippen LogP contribution in [0.5, 0.6) is 5.75 Å². The quantitative estimate of drug-likeness (QED) is 0.672. The molecule has 3 aromatic rings. The summed E-state index contributed by atoms with van der Waals surface area (Å²) in [5.74, 6) is 1.47. The number of para-hydroxylation sites is 1. The summed E-state index contributed by atoms with van der Waals surface area (Å²) in [7, 11) is 1.63. The molecule has 1 heterocycles. The van der Waals surface area contributed by atoms with E-state index in [4.69, 9.17) is 9.72 Å². The fraction of sp³-hybridized carbons (Fsp3) is 0.300. The van der Waals surface area contributed by atoms with Gasteiger partial charge in [-0.3, -0.25) is 9.36 Å². The summed E-state index contributed by atoms with van der Waals surface area (Å²) in [5.41, 5.74) is 1.46. The van der Waals surface area contributed by atoms with Gasteiger partial charge in [0.2, 0.25) is 0 Å². The van der Waals surface area contributed by atoms with E-state index in [9.17, 15) is 4.79 Å². The maximum Gasteiger partial charge on any atom is 0.266 e. The van der Waals surface area contributed by atoms with Gasteiger partial charge in [0.25, 0.3) is 5.56 Å². The monoisotopic (exact) mass is 337 g/mol. The zero-order valence-corrected chi connectivity index (χ0v) is 14.7. The molecule has 0 bridgehead atoms. The Morgan fingerprint density at radius 1 is 1.12 bits per heavy atom. The molecule has 0 amide bonds. The van der Waals surface area contributed by atoms with E-state index in [2.05, 4.69) is 12.2 Å². The van der Waals surface area contributed by atoms with Crippen LogP contribution in [0.25, 0.3) is 16.6 Å². The second-order valence-corrected chi connectivity index (χ2v) is 5.91. The SMILES string of the molecule is CCCCNCc1nc2ccccc2c(=O)n1-c1ccc(OC)cc1. The van der Waals surface area contributed by atoms with Crippen molar-refractivity contribution in [3.05, 3.63) is 64.7 Å². The van der Waals surface area contributed by atoms with Gasteiger partial charge in [0.05, 0.1) is 30.2 Å². The smallest absolute Gasteiger partial charge is 0.266 e. The van der Waals surface area contributed by atoms with Crippen molar-refractivity contribution in [1.29, 1.82) is 0 Å². The van der Waals surface area contributed by atoms with Crippen LogP contribution in [0.2, 0.25) is 0 Å². The van der Waals surface area contributed by atoms with Gasteiger partial charge in [-0.05, 0) is 49.4 Å². The van der Waals surface area contributed by atoms with Gasteiger partial charge in [0, 0.05) is 0 Å². The molecule has 0 atom stereocenters. The molecule has 0 saturated heterocycles. The van der Waals surface area contributed by atoms with E-state index in [0.29, 0.717) is 17.8 Å². The van der Waals surface area contributed by atoms with Gasteiger partial charge in [0.15, 0.2) is 0 Å². The van der Waals surface area contributed by atoms with Gasteiger partial charge in [-0.1, -0.05) is 25.5 Å². The van der Waals surface area contributed by atoms with Crippen molar-refractivity contribution in [2.45, 2.75) is 26.3 Å². The van der Waals surface area contributed by atoms with Crippen LogP contribution in [0.1, 0.15) is 25.6 Å². The molecular formula is C20H23N3O2. The van der Waals surface area contributed by atoms with Crippen LogP contribution in [0.15, 0.2) is 53.3 Å². The summed E-state index contributed by atoms with van der Waals surface area (Å²) < 4.78 is 6.89. The van der Waals surface area contributed by atoms with Crippen LogP contribution in [-0.4, -0.2) is 23.2 Å². The lowest BCUT2D eigenvalue weighted by atomic mass is 10.2. The first-order valence-corrected chi connectivity index (χ1v) is 8.60. The summed E-state index contributed by atoms with van der Waals surface area (Å²) >= 11 is 0. The highest BCUT2D eigenvalue weighted by molar-refractivity contribution is 5.77. The maximum absolute atomic E-state index is 13.1. The highest BCUT2D eigenvalue weighted by Gasteiger charge is 2.12. The Balaban J connectivity index is 2.08. The third-order valence-corrected chi connectivity index (χ3v) is 4.17. The molecule has 1 aromatic heterocycles. The lowest BCUT2D eigenvalue weighted by Crippen LogP contribution is -2.27. The lowest BCUT2D eigenvalue weighted by Gasteiger charge is -2.14. The Morgan fingerprint density at radius 2 is 1.88 bits per heavy atom. The summed E-state index contributed by atoms with van der Waals surface area (Å²) in [6.07, 6.45) is 2.23. The Labute approximate surface area is 147 Å². The van der Waals surface area contributed by atoms with Gasteiger partial charge in [0.1, 0.15) is 11.6 Å².